The molecule has 39 heavy (non-hydrogen) atoms. The Morgan fingerprint density at radius 3 is 2.10 bits per heavy atom. The van der Waals surface area contributed by atoms with Gasteiger partial charge < -0.3 is 13.9 Å². The molecule has 6 rings (SSSR count). The van der Waals surface area contributed by atoms with Crippen molar-refractivity contribution in [3.8, 4) is 9.75 Å². The molecule has 4 aromatic heterocycles. The van der Waals surface area contributed by atoms with Crippen LogP contribution in [0.25, 0.3) is 44.0 Å². The lowest BCUT2D eigenvalue weighted by Gasteiger charge is -2.01. The Bertz CT molecular complexity index is 1770. The molecular formula is C31H30N4O2S2. The van der Waals surface area contributed by atoms with Gasteiger partial charge in [0.25, 0.3) is 0 Å². The average molecular weight is 555 g/mol. The van der Waals surface area contributed by atoms with Crippen LogP contribution >= 0.6 is 22.7 Å². The Labute approximate surface area is 235 Å². The molecule has 6 nitrogen and oxygen atoms in total. The monoisotopic (exact) mass is 554 g/mol. The Morgan fingerprint density at radius 1 is 0.795 bits per heavy atom. The van der Waals surface area contributed by atoms with Gasteiger partial charge in [-0.15, -0.1) is 22.7 Å². The summed E-state index contributed by atoms with van der Waals surface area (Å²) in [4.78, 5) is 24.8. The molecule has 0 saturated carbocycles. The van der Waals surface area contributed by atoms with Crippen LogP contribution in [0.3, 0.4) is 0 Å². The van der Waals surface area contributed by atoms with Gasteiger partial charge in [-0.25, -0.2) is 14.8 Å². The Morgan fingerprint density at radius 2 is 1.41 bits per heavy atom. The summed E-state index contributed by atoms with van der Waals surface area (Å²) in [5.74, 6) is 1.76. The van der Waals surface area contributed by atoms with Crippen LogP contribution in [-0.2, 0) is 17.8 Å². The smallest absolute Gasteiger partial charge is 0.348 e. The maximum atomic E-state index is 11.6. The van der Waals surface area contributed by atoms with Crippen LogP contribution in [0.4, 0.5) is 0 Å². The van der Waals surface area contributed by atoms with Gasteiger partial charge in [-0.3, -0.25) is 0 Å². The van der Waals surface area contributed by atoms with Crippen molar-refractivity contribution in [2.45, 2.75) is 33.9 Å². The van der Waals surface area contributed by atoms with Crippen LogP contribution in [0.1, 0.15) is 40.0 Å². The van der Waals surface area contributed by atoms with Gasteiger partial charge in [0.15, 0.2) is 0 Å². The first kappa shape index (κ1) is 26.6. The van der Waals surface area contributed by atoms with E-state index in [9.17, 15) is 4.79 Å². The molecule has 0 atom stereocenters. The molecule has 0 aliphatic carbocycles. The molecule has 0 spiro atoms. The van der Waals surface area contributed by atoms with E-state index in [0.717, 1.165) is 55.9 Å². The number of rotatable bonds is 6. The number of benzene rings is 2. The van der Waals surface area contributed by atoms with Crippen LogP contribution < -0.4 is 0 Å². The number of aromatic nitrogens is 4. The summed E-state index contributed by atoms with van der Waals surface area (Å²) < 4.78 is 9.21. The van der Waals surface area contributed by atoms with Crippen LogP contribution in [0.15, 0.2) is 72.8 Å². The third-order valence-electron chi connectivity index (χ3n) is 6.42. The van der Waals surface area contributed by atoms with Crippen LogP contribution in [0.5, 0.6) is 0 Å². The summed E-state index contributed by atoms with van der Waals surface area (Å²) in [5.41, 5.74) is 4.49. The number of ether oxygens (including phenoxy) is 1. The quantitative estimate of drug-likeness (QED) is 0.195. The second-order valence-electron chi connectivity index (χ2n) is 8.79. The fourth-order valence-electron chi connectivity index (χ4n) is 4.56. The lowest BCUT2D eigenvalue weighted by molar-refractivity contribution is 0.0606. The van der Waals surface area contributed by atoms with E-state index in [0.29, 0.717) is 4.88 Å². The van der Waals surface area contributed by atoms with Crippen molar-refractivity contribution >= 4 is 62.9 Å². The van der Waals surface area contributed by atoms with Crippen molar-refractivity contribution in [3.05, 3.63) is 94.2 Å². The first-order chi connectivity index (χ1) is 19.0. The summed E-state index contributed by atoms with van der Waals surface area (Å²) in [6.07, 6.45) is 4.16. The molecule has 0 aliphatic heterocycles. The molecule has 0 unspecified atom stereocenters. The van der Waals surface area contributed by atoms with Crippen molar-refractivity contribution in [2.75, 3.05) is 7.11 Å². The van der Waals surface area contributed by atoms with Gasteiger partial charge in [-0.2, -0.15) is 0 Å². The number of hydrogen-bond donors (Lipinski definition) is 0. The maximum absolute atomic E-state index is 11.6. The summed E-state index contributed by atoms with van der Waals surface area (Å²) in [6, 6.07) is 24.4. The standard InChI is InChI=1S/C21H18N2O2S2.C10H12N2/c1-3-23-16-7-5-4-6-15(16)22-20(23)13-9-14-8-10-17(26-14)18-11-12-19(27-18)21(24)25-2;1-3-12-8(2)11-9-6-4-5-7-10(9)12/h4-13H,3H2,1-2H3;4-7H,3H2,1-2H3/b13-9+;. The fourth-order valence-corrected chi connectivity index (χ4v) is 6.49. The van der Waals surface area contributed by atoms with Gasteiger partial charge in [0, 0.05) is 27.7 Å². The number of imidazole rings is 2. The molecule has 0 N–H and O–H groups in total. The summed E-state index contributed by atoms with van der Waals surface area (Å²) in [6.45, 7) is 8.18. The molecule has 4 heterocycles. The lowest BCUT2D eigenvalue weighted by Crippen LogP contribution is -1.96. The third-order valence-corrected chi connectivity index (χ3v) is 8.73. The number of fused-ring (bicyclic) bond motifs is 2. The molecule has 2 aromatic carbocycles. The maximum Gasteiger partial charge on any atom is 0.348 e. The van der Waals surface area contributed by atoms with Crippen molar-refractivity contribution < 1.29 is 9.53 Å². The molecule has 0 amide bonds. The molecule has 0 bridgehead atoms. The number of methoxy groups -OCH3 is 1. The van der Waals surface area contributed by atoms with Gasteiger partial charge in [0.1, 0.15) is 16.5 Å². The van der Waals surface area contributed by atoms with Gasteiger partial charge >= 0.3 is 5.97 Å². The molecule has 6 aromatic rings. The molecule has 198 valence electrons. The van der Waals surface area contributed by atoms with E-state index in [2.05, 4.69) is 76.5 Å². The van der Waals surface area contributed by atoms with Gasteiger partial charge in [-0.1, -0.05) is 24.3 Å². The highest BCUT2D eigenvalue weighted by molar-refractivity contribution is 7.23. The number of thiophene rings is 2. The number of carbonyl (C=O) groups is 1. The van der Waals surface area contributed by atoms with Crippen LogP contribution in [0, 0.1) is 6.92 Å². The zero-order valence-electron chi connectivity index (χ0n) is 22.4. The number of nitrogens with zero attached hydrogens (tertiary/aromatic N) is 4. The SMILES string of the molecule is CCn1c(/C=C/c2ccc(-c3ccc(C(=O)OC)s3)s2)nc2ccccc21.CCn1c(C)nc2ccccc21. The molecule has 0 fully saturated rings. The zero-order chi connectivity index (χ0) is 27.4. The Hall–Kier alpha value is -4.01. The molecule has 0 radical (unpaired) electrons. The van der Waals surface area contributed by atoms with Crippen molar-refractivity contribution in [1.82, 2.24) is 19.1 Å². The number of esters is 1. The Balaban J connectivity index is 0.000000214. The van der Waals surface area contributed by atoms with Crippen molar-refractivity contribution in [2.24, 2.45) is 0 Å². The molecule has 8 heteroatoms. The predicted octanol–water partition coefficient (Wildman–Crippen LogP) is 8.17. The van der Waals surface area contributed by atoms with Gasteiger partial charge in [0.2, 0.25) is 0 Å². The first-order valence-corrected chi connectivity index (χ1v) is 14.5. The van der Waals surface area contributed by atoms with Crippen molar-refractivity contribution in [3.63, 3.8) is 0 Å². The average Bonchev–Trinajstić information content (AvgIpc) is 3.75. The second-order valence-corrected chi connectivity index (χ2v) is 11.0. The highest BCUT2D eigenvalue weighted by atomic mass is 32.1. The predicted molar refractivity (Wildman–Crippen MR) is 163 cm³/mol. The van der Waals surface area contributed by atoms with Crippen molar-refractivity contribution in [1.29, 1.82) is 0 Å². The third kappa shape index (κ3) is 5.57. The highest BCUT2D eigenvalue weighted by Crippen LogP contribution is 2.34. The Kier molecular flexibility index (Phi) is 8.05. The summed E-state index contributed by atoms with van der Waals surface area (Å²) >= 11 is 3.14. The highest BCUT2D eigenvalue weighted by Gasteiger charge is 2.12. The summed E-state index contributed by atoms with van der Waals surface area (Å²) in [7, 11) is 1.40. The number of carbonyl (C=O) groups excluding carboxylic acids is 1. The topological polar surface area (TPSA) is 61.9 Å². The van der Waals surface area contributed by atoms with Crippen LogP contribution in [0.2, 0.25) is 0 Å². The minimum atomic E-state index is -0.290. The zero-order valence-corrected chi connectivity index (χ0v) is 24.1. The minimum absolute atomic E-state index is 0.290. The van der Waals surface area contributed by atoms with E-state index < -0.39 is 0 Å². The molecule has 0 saturated heterocycles. The van der Waals surface area contributed by atoms with E-state index in [1.165, 1.54) is 24.0 Å². The molecular weight excluding hydrogens is 525 g/mol. The number of para-hydroxylation sites is 4. The normalized spacial score (nSPS) is 11.3. The van der Waals surface area contributed by atoms with E-state index in [-0.39, 0.29) is 5.97 Å². The van der Waals surface area contributed by atoms with Gasteiger partial charge in [-0.05, 0) is 81.5 Å². The number of aryl methyl sites for hydroxylation is 3. The van der Waals surface area contributed by atoms with E-state index in [1.807, 2.05) is 43.3 Å². The van der Waals surface area contributed by atoms with E-state index in [4.69, 9.17) is 9.72 Å². The van der Waals surface area contributed by atoms with Gasteiger partial charge in [0.05, 0.1) is 29.2 Å². The largest absolute Gasteiger partial charge is 0.465 e. The second kappa shape index (κ2) is 11.8. The van der Waals surface area contributed by atoms with Crippen LogP contribution in [-0.4, -0.2) is 32.2 Å². The first-order valence-electron chi connectivity index (χ1n) is 12.9. The fraction of sp³-hybridized carbons (Fsp3) is 0.194. The lowest BCUT2D eigenvalue weighted by atomic mass is 10.3. The summed E-state index contributed by atoms with van der Waals surface area (Å²) in [5, 5.41) is 0. The molecule has 0 aliphatic rings. The van der Waals surface area contributed by atoms with E-state index >= 15 is 0 Å². The number of hydrogen-bond acceptors (Lipinski definition) is 6. The van der Waals surface area contributed by atoms with E-state index in [1.54, 1.807) is 11.3 Å². The minimum Gasteiger partial charge on any atom is -0.465 e.